The Bertz CT molecular complexity index is 5830. The summed E-state index contributed by atoms with van der Waals surface area (Å²) >= 11 is 0. The summed E-state index contributed by atoms with van der Waals surface area (Å²) in [4.78, 5) is 103. The number of amides is 4. The molecule has 4 aliphatic heterocycles. The molecule has 19 rings (SSSR count). The molecule has 18 heteroatoms. The summed E-state index contributed by atoms with van der Waals surface area (Å²) in [6.45, 7) is 28.3. The maximum Gasteiger partial charge on any atom is 0.330 e. The molecule has 8 atom stereocenters. The van der Waals surface area contributed by atoms with Crippen LogP contribution in [0.4, 0.5) is 0 Å². The molecule has 13 aromatic carbocycles. The average Bonchev–Trinajstić information content (AvgIpc) is 0.732. The highest BCUT2D eigenvalue weighted by molar-refractivity contribution is 6.45. The van der Waals surface area contributed by atoms with Crippen LogP contribution in [0.3, 0.4) is 0 Å². The summed E-state index contributed by atoms with van der Waals surface area (Å²) in [6.07, 6.45) is 4.42. The van der Waals surface area contributed by atoms with Crippen molar-refractivity contribution in [3.63, 3.8) is 0 Å². The Morgan fingerprint density at radius 3 is 0.937 bits per heavy atom. The van der Waals surface area contributed by atoms with Gasteiger partial charge in [0.05, 0.1) is 47.7 Å². The summed E-state index contributed by atoms with van der Waals surface area (Å²) in [5.74, 6) is -2.79. The third-order valence-corrected chi connectivity index (χ3v) is 26.4. The third kappa shape index (κ3) is 16.4. The van der Waals surface area contributed by atoms with Gasteiger partial charge in [0.1, 0.15) is 70.3 Å². The van der Waals surface area contributed by atoms with Gasteiger partial charge in [0.15, 0.2) is 0 Å². The van der Waals surface area contributed by atoms with Crippen LogP contribution in [0.5, 0.6) is 46.0 Å². The molecule has 8 unspecified atom stereocenters. The fourth-order valence-corrected chi connectivity index (χ4v) is 19.3. The van der Waals surface area contributed by atoms with Gasteiger partial charge in [0, 0.05) is 81.1 Å². The van der Waals surface area contributed by atoms with Crippen LogP contribution in [0.2, 0.25) is 0 Å². The van der Waals surface area contributed by atoms with E-state index < -0.39 is 59.9 Å². The van der Waals surface area contributed by atoms with E-state index in [0.29, 0.717) is 118 Å². The van der Waals surface area contributed by atoms with Gasteiger partial charge in [-0.25, -0.2) is 9.59 Å². The van der Waals surface area contributed by atoms with Gasteiger partial charge in [0.25, 0.3) is 23.6 Å². The number of hydrogen-bond acceptors (Lipinski definition) is 16. The first-order valence-electron chi connectivity index (χ1n) is 44.7. The van der Waals surface area contributed by atoms with Gasteiger partial charge in [-0.1, -0.05) is 217 Å². The van der Waals surface area contributed by atoms with Crippen molar-refractivity contribution in [2.45, 2.75) is 218 Å². The van der Waals surface area contributed by atoms with Gasteiger partial charge in [-0.2, -0.15) is 0 Å². The Hall–Kier alpha value is -12.1. The zero-order valence-electron chi connectivity index (χ0n) is 73.8. The summed E-state index contributed by atoms with van der Waals surface area (Å²) in [5.41, 5.74) is 4.41. The van der Waals surface area contributed by atoms with E-state index in [0.717, 1.165) is 79.3 Å². The number of rotatable bonds is 24. The van der Waals surface area contributed by atoms with Crippen molar-refractivity contribution in [2.75, 3.05) is 26.3 Å². The minimum absolute atomic E-state index is 0.0134. The topological polar surface area (TPSA) is 213 Å². The standard InChI is InChI=1S/C108H108N4O14/c1-105(2,3)65-33-41-71(42-34-65)121-87-53-81-91-82(100(114)111(99(81)113)85(49-63-25-17-23-61-21-13-15-31-79(61)63)103(117)125-75-29-19-27-69(51-75)109-57-77-59-119-77)55-89(123-73-45-37-67(38-46-73)107(7,8)9)95-96-90(124-74-47-39-68(40-48-74)108(10,11)12)56-84-92-83(54-88(94(98(92)96)93(87)97(91)95)122-72-43-35-66(36-44-72)106(4,5)6)101(115)112(102(84)116)86(50-64-26-18-24-62-22-14-16-32-80(62)64)104(118)126-76-30-20-28-70(52-76)110-58-78-60-120-78/h13-18,21-26,31-48,53-56,69-70,75-78,85-86,109-110H,19-20,27-30,49-52,57-60H2,1-12H3. The van der Waals surface area contributed by atoms with Gasteiger partial charge >= 0.3 is 11.9 Å². The van der Waals surface area contributed by atoms with E-state index in [2.05, 4.69) is 93.7 Å². The molecule has 2 saturated heterocycles. The zero-order valence-corrected chi connectivity index (χ0v) is 73.8. The lowest BCUT2D eigenvalue weighted by molar-refractivity contribution is -0.156. The zero-order chi connectivity index (χ0) is 87.6. The van der Waals surface area contributed by atoms with Crippen molar-refractivity contribution < 1.29 is 66.7 Å². The number of nitrogens with zero attached hydrogens (tertiary/aromatic N) is 2. The largest absolute Gasteiger partial charge is 0.461 e. The molecule has 4 amide bonds. The predicted molar refractivity (Wildman–Crippen MR) is 492 cm³/mol. The van der Waals surface area contributed by atoms with Crippen molar-refractivity contribution in [1.82, 2.24) is 20.4 Å². The Labute approximate surface area is 734 Å². The first kappa shape index (κ1) is 83.5. The van der Waals surface area contributed by atoms with Crippen LogP contribution in [-0.2, 0) is 63.0 Å². The monoisotopic (exact) mass is 1680 g/mol. The Morgan fingerprint density at radius 1 is 0.365 bits per heavy atom. The van der Waals surface area contributed by atoms with E-state index >= 15 is 28.8 Å². The van der Waals surface area contributed by atoms with E-state index in [-0.39, 0.29) is 115 Å². The molecule has 126 heavy (non-hydrogen) atoms. The maximum absolute atomic E-state index is 17.3. The van der Waals surface area contributed by atoms with E-state index in [1.54, 1.807) is 24.3 Å². The number of benzene rings is 13. The second-order valence-corrected chi connectivity index (χ2v) is 39.4. The van der Waals surface area contributed by atoms with Gasteiger partial charge < -0.3 is 48.5 Å². The molecule has 2 N–H and O–H groups in total. The lowest BCUT2D eigenvalue weighted by Gasteiger charge is -2.37. The molecule has 4 heterocycles. The quantitative estimate of drug-likeness (QED) is 0.0189. The number of ether oxygens (including phenoxy) is 8. The van der Waals surface area contributed by atoms with Crippen LogP contribution in [0.15, 0.2) is 206 Å². The van der Waals surface area contributed by atoms with Crippen LogP contribution >= 0.6 is 0 Å². The smallest absolute Gasteiger partial charge is 0.330 e. The highest BCUT2D eigenvalue weighted by atomic mass is 16.6. The lowest BCUT2D eigenvalue weighted by Crippen LogP contribution is -2.53. The van der Waals surface area contributed by atoms with Crippen molar-refractivity contribution in [3.8, 4) is 46.0 Å². The fourth-order valence-electron chi connectivity index (χ4n) is 19.3. The molecule has 13 aromatic rings. The number of carbonyl (C=O) groups excluding carboxylic acids is 6. The second-order valence-electron chi connectivity index (χ2n) is 39.4. The first-order chi connectivity index (χ1) is 60.4. The minimum atomic E-state index is -1.54. The molecule has 0 aromatic heterocycles. The van der Waals surface area contributed by atoms with Crippen LogP contribution in [-0.4, -0.2) is 120 Å². The molecule has 644 valence electrons. The van der Waals surface area contributed by atoms with Gasteiger partial charge in [-0.15, -0.1) is 0 Å². The number of epoxide rings is 2. The maximum atomic E-state index is 17.3. The highest BCUT2D eigenvalue weighted by Gasteiger charge is 2.49. The number of nitrogens with one attached hydrogen (secondary N) is 2. The number of esters is 2. The molecule has 0 radical (unpaired) electrons. The van der Waals surface area contributed by atoms with E-state index in [1.807, 2.05) is 182 Å². The molecule has 6 aliphatic rings. The Kier molecular flexibility index (Phi) is 21.7. The van der Waals surface area contributed by atoms with Crippen LogP contribution < -0.4 is 29.6 Å². The fraction of sp³-hybridized carbons (Fsp3) is 0.352. The highest BCUT2D eigenvalue weighted by Crippen LogP contribution is 2.59. The second kappa shape index (κ2) is 32.7. The number of fused-ring (bicyclic) bond motifs is 4. The Balaban J connectivity index is 0.897. The normalized spacial score (nSPS) is 19.6. The molecular formula is C108H108N4O14. The SMILES string of the molecule is CC(C)(C)c1ccc(Oc2cc3c4c(cc(Oc5ccc(C(C)(C)C)cc5)c5c6c(Oc7ccc(C(C)(C)C)cc7)cc7c8c(cc(Oc9ccc(C(C)(C)C)cc9)c(c2c45)c86)C(=O)N(C(Cc2cccc4ccccc24)C(=O)OC2CCCC(NCC4CO4)C2)C7=O)C(=O)N(C(Cc2cccc4ccccc24)C(=O)OC2CCCC(NCC4CO4)C2)C3=O)cc1. The molecule has 18 nitrogen and oxygen atoms in total. The molecule has 4 fully saturated rings. The van der Waals surface area contributed by atoms with Gasteiger partial charge in [0.2, 0.25) is 0 Å². The van der Waals surface area contributed by atoms with Crippen LogP contribution in [0.1, 0.15) is 209 Å². The van der Waals surface area contributed by atoms with Crippen molar-refractivity contribution in [2.24, 2.45) is 0 Å². The summed E-state index contributed by atoms with van der Waals surface area (Å²) in [5, 5.41) is 12.9. The first-order valence-corrected chi connectivity index (χ1v) is 44.7. The number of carbonyl (C=O) groups is 6. The van der Waals surface area contributed by atoms with Gasteiger partial charge in [-0.3, -0.25) is 29.0 Å². The third-order valence-electron chi connectivity index (χ3n) is 26.4. The van der Waals surface area contributed by atoms with Crippen molar-refractivity contribution in [3.05, 3.63) is 262 Å². The summed E-state index contributed by atoms with van der Waals surface area (Å²) in [6, 6.07) is 62.1. The summed E-state index contributed by atoms with van der Waals surface area (Å²) < 4.78 is 54.9. The van der Waals surface area contributed by atoms with Crippen LogP contribution in [0.25, 0.3) is 64.6 Å². The van der Waals surface area contributed by atoms with E-state index in [1.165, 1.54) is 0 Å². The molecule has 0 spiro atoms. The predicted octanol–water partition coefficient (Wildman–Crippen LogP) is 22.5. The van der Waals surface area contributed by atoms with Gasteiger partial charge in [-0.05, 0) is 201 Å². The number of hydrogen-bond donors (Lipinski definition) is 2. The molecular weight excluding hydrogens is 1580 g/mol. The average molecular weight is 1690 g/mol. The Morgan fingerprint density at radius 2 is 0.651 bits per heavy atom. The molecule has 2 saturated carbocycles. The molecule has 0 bridgehead atoms. The van der Waals surface area contributed by atoms with Crippen molar-refractivity contribution in [1.29, 1.82) is 0 Å². The van der Waals surface area contributed by atoms with E-state index in [4.69, 9.17) is 37.9 Å². The molecule has 2 aliphatic carbocycles. The number of imide groups is 2. The van der Waals surface area contributed by atoms with E-state index in [9.17, 15) is 0 Å². The lowest BCUT2D eigenvalue weighted by atomic mass is 9.80. The minimum Gasteiger partial charge on any atom is -0.461 e. The van der Waals surface area contributed by atoms with Crippen molar-refractivity contribution >= 4 is 100 Å². The van der Waals surface area contributed by atoms with Crippen LogP contribution in [0, 0.1) is 0 Å². The summed E-state index contributed by atoms with van der Waals surface area (Å²) in [7, 11) is 0.